The van der Waals surface area contributed by atoms with Crippen LogP contribution in [-0.2, 0) is 17.7 Å². The van der Waals surface area contributed by atoms with E-state index in [0.717, 1.165) is 55.7 Å². The van der Waals surface area contributed by atoms with Gasteiger partial charge >= 0.3 is 0 Å². The molecule has 1 aliphatic rings. The first-order chi connectivity index (χ1) is 17.5. The molecule has 2 atom stereocenters. The highest BCUT2D eigenvalue weighted by atomic mass is 19.1. The van der Waals surface area contributed by atoms with E-state index in [2.05, 4.69) is 44.2 Å². The molecule has 2 unspecified atom stereocenters. The molecule has 1 fully saturated rings. The minimum Gasteiger partial charge on any atom is -0.502 e. The Kier molecular flexibility index (Phi) is 8.85. The van der Waals surface area contributed by atoms with Gasteiger partial charge in [-0.2, -0.15) is 0 Å². The summed E-state index contributed by atoms with van der Waals surface area (Å²) in [7, 11) is 0. The van der Waals surface area contributed by atoms with E-state index in [1.165, 1.54) is 5.56 Å². The molecule has 188 valence electrons. The molecule has 0 saturated carbocycles. The Labute approximate surface area is 210 Å². The molecule has 0 spiro atoms. The maximum atomic E-state index is 13.2. The van der Waals surface area contributed by atoms with Crippen LogP contribution in [0.1, 0.15) is 41.0 Å². The Morgan fingerprint density at radius 3 is 2.36 bits per heavy atom. The molecule has 2 aromatic carbocycles. The summed E-state index contributed by atoms with van der Waals surface area (Å²) < 4.78 is 18.6. The molecule has 1 aliphatic heterocycles. The second-order valence-corrected chi connectivity index (χ2v) is 8.98. The third-order valence-corrected chi connectivity index (χ3v) is 6.08. The number of morpholine rings is 1. The number of rotatable bonds is 8. The van der Waals surface area contributed by atoms with Crippen molar-refractivity contribution in [3.8, 4) is 17.6 Å². The highest BCUT2D eigenvalue weighted by Crippen LogP contribution is 2.19. The van der Waals surface area contributed by atoms with E-state index in [0.29, 0.717) is 12.2 Å². The molecule has 4 rings (SSSR count). The van der Waals surface area contributed by atoms with Crippen molar-refractivity contribution in [2.24, 2.45) is 0 Å². The van der Waals surface area contributed by atoms with Gasteiger partial charge in [0.2, 0.25) is 0 Å². The lowest BCUT2D eigenvalue weighted by Crippen LogP contribution is -2.35. The molecule has 2 heterocycles. The number of nitrogens with one attached hydrogen (secondary N) is 2. The van der Waals surface area contributed by atoms with E-state index < -0.39 is 18.0 Å². The van der Waals surface area contributed by atoms with Crippen LogP contribution in [0.4, 0.5) is 4.39 Å². The fraction of sp³-hybridized carbons (Fsp3) is 0.357. The Morgan fingerprint density at radius 1 is 1.11 bits per heavy atom. The molecule has 1 saturated heterocycles. The molecule has 0 amide bonds. The van der Waals surface area contributed by atoms with Gasteiger partial charge < -0.3 is 20.1 Å². The van der Waals surface area contributed by atoms with E-state index >= 15 is 0 Å². The number of hydrogen-bond donors (Lipinski definition) is 3. The van der Waals surface area contributed by atoms with Crippen molar-refractivity contribution in [2.75, 3.05) is 33.0 Å². The zero-order chi connectivity index (χ0) is 25.3. The molecular weight excluding hydrogens is 459 g/mol. The minimum absolute atomic E-state index is 0.274. The van der Waals surface area contributed by atoms with Gasteiger partial charge in [0.25, 0.3) is 5.56 Å². The van der Waals surface area contributed by atoms with Crippen molar-refractivity contribution in [1.82, 2.24) is 20.2 Å². The van der Waals surface area contributed by atoms with Crippen molar-refractivity contribution in [3.05, 3.63) is 93.2 Å². The Morgan fingerprint density at radius 2 is 1.75 bits per heavy atom. The van der Waals surface area contributed by atoms with Crippen LogP contribution in [-0.4, -0.2) is 59.0 Å². The lowest BCUT2D eigenvalue weighted by molar-refractivity contribution is 0.0342. The van der Waals surface area contributed by atoms with Gasteiger partial charge in [-0.3, -0.25) is 9.69 Å². The van der Waals surface area contributed by atoms with Gasteiger partial charge in [-0.1, -0.05) is 36.1 Å². The molecule has 8 heteroatoms. The third-order valence-electron chi connectivity index (χ3n) is 6.08. The van der Waals surface area contributed by atoms with Crippen molar-refractivity contribution < 1.29 is 14.2 Å². The zero-order valence-corrected chi connectivity index (χ0v) is 20.3. The fourth-order valence-corrected chi connectivity index (χ4v) is 4.04. The number of alkyl halides is 1. The van der Waals surface area contributed by atoms with E-state index in [1.54, 1.807) is 6.92 Å². The number of ether oxygens (including phenoxy) is 1. The standard InChI is InChI=1S/C28H31FN4O3/c1-20(17-29)31-25(16-27-30-18-26(34)28(35)32-27)24-10-8-22(9-11-24)3-2-21-4-6-23(7-5-21)19-33-12-14-36-15-13-33/h4-11,18,20,25,31,34H,12-17,19H2,1H3,(H,30,32,35). The summed E-state index contributed by atoms with van der Waals surface area (Å²) in [5, 5.41) is 12.7. The number of aromatic hydroxyl groups is 1. The van der Waals surface area contributed by atoms with E-state index in [4.69, 9.17) is 4.74 Å². The SMILES string of the molecule is CC(CF)NC(Cc1ncc(O)c(=O)[nH]1)c1ccc(C#Cc2ccc(CN3CCOCC3)cc2)cc1. The van der Waals surface area contributed by atoms with Gasteiger partial charge in [-0.25, -0.2) is 9.37 Å². The maximum Gasteiger partial charge on any atom is 0.293 e. The maximum absolute atomic E-state index is 13.2. The first-order valence-electron chi connectivity index (χ1n) is 12.1. The van der Waals surface area contributed by atoms with Gasteiger partial charge in [0.1, 0.15) is 12.5 Å². The van der Waals surface area contributed by atoms with Gasteiger partial charge in [0.05, 0.1) is 19.4 Å². The second kappa shape index (κ2) is 12.5. The smallest absolute Gasteiger partial charge is 0.293 e. The average molecular weight is 491 g/mol. The number of halogens is 1. The van der Waals surface area contributed by atoms with Crippen molar-refractivity contribution in [3.63, 3.8) is 0 Å². The van der Waals surface area contributed by atoms with Crippen LogP contribution in [0.5, 0.6) is 5.75 Å². The fourth-order valence-electron chi connectivity index (χ4n) is 4.04. The van der Waals surface area contributed by atoms with Gasteiger partial charge in [-0.05, 0) is 42.3 Å². The topological polar surface area (TPSA) is 90.5 Å². The van der Waals surface area contributed by atoms with Crippen LogP contribution in [0.3, 0.4) is 0 Å². The van der Waals surface area contributed by atoms with E-state index in [9.17, 15) is 14.3 Å². The van der Waals surface area contributed by atoms with Crippen molar-refractivity contribution in [2.45, 2.75) is 32.0 Å². The molecule has 0 aliphatic carbocycles. The van der Waals surface area contributed by atoms with E-state index in [-0.39, 0.29) is 12.1 Å². The number of benzene rings is 2. The monoisotopic (exact) mass is 490 g/mol. The van der Waals surface area contributed by atoms with Gasteiger partial charge in [0, 0.05) is 49.3 Å². The number of aromatic amines is 1. The third kappa shape index (κ3) is 7.25. The number of H-pyrrole nitrogens is 1. The molecule has 0 radical (unpaired) electrons. The Balaban J connectivity index is 1.42. The molecular formula is C28H31FN4O3. The van der Waals surface area contributed by atoms with Crippen molar-refractivity contribution >= 4 is 0 Å². The zero-order valence-electron chi connectivity index (χ0n) is 20.3. The molecule has 3 aromatic rings. The molecule has 1 aromatic heterocycles. The highest BCUT2D eigenvalue weighted by Gasteiger charge is 2.17. The Bertz CT molecular complexity index is 1240. The van der Waals surface area contributed by atoms with Gasteiger partial charge in [0.15, 0.2) is 5.75 Å². The summed E-state index contributed by atoms with van der Waals surface area (Å²) in [4.78, 5) is 20.8. The second-order valence-electron chi connectivity index (χ2n) is 8.98. The summed E-state index contributed by atoms with van der Waals surface area (Å²) in [6.07, 6.45) is 1.46. The number of nitrogens with zero attached hydrogens (tertiary/aromatic N) is 2. The lowest BCUT2D eigenvalue weighted by atomic mass is 10.0. The quantitative estimate of drug-likeness (QED) is 0.421. The highest BCUT2D eigenvalue weighted by molar-refractivity contribution is 5.44. The van der Waals surface area contributed by atoms with Crippen molar-refractivity contribution in [1.29, 1.82) is 0 Å². The largest absolute Gasteiger partial charge is 0.502 e. The van der Waals surface area contributed by atoms with Crippen LogP contribution in [0.2, 0.25) is 0 Å². The summed E-state index contributed by atoms with van der Waals surface area (Å²) in [5.41, 5.74) is 3.39. The molecule has 7 nitrogen and oxygen atoms in total. The summed E-state index contributed by atoms with van der Waals surface area (Å²) in [6.45, 7) is 5.66. The summed E-state index contributed by atoms with van der Waals surface area (Å²) >= 11 is 0. The van der Waals surface area contributed by atoms with Crippen LogP contribution < -0.4 is 10.9 Å². The predicted molar refractivity (Wildman–Crippen MR) is 137 cm³/mol. The molecule has 36 heavy (non-hydrogen) atoms. The normalized spacial score (nSPS) is 15.6. The van der Waals surface area contributed by atoms with Crippen LogP contribution in [0.25, 0.3) is 0 Å². The number of aromatic nitrogens is 2. The molecule has 0 bridgehead atoms. The number of hydrogen-bond acceptors (Lipinski definition) is 6. The summed E-state index contributed by atoms with van der Waals surface area (Å²) in [5.74, 6) is 6.38. The van der Waals surface area contributed by atoms with Crippen LogP contribution in [0, 0.1) is 11.8 Å². The van der Waals surface area contributed by atoms with E-state index in [1.807, 2.05) is 36.4 Å². The lowest BCUT2D eigenvalue weighted by Gasteiger charge is -2.26. The predicted octanol–water partition coefficient (Wildman–Crippen LogP) is 2.94. The minimum atomic E-state index is -0.600. The first-order valence-corrected chi connectivity index (χ1v) is 12.1. The van der Waals surface area contributed by atoms with Crippen LogP contribution >= 0.6 is 0 Å². The molecule has 3 N–H and O–H groups in total. The Hall–Kier alpha value is -3.51. The first kappa shape index (κ1) is 25.6. The average Bonchev–Trinajstić information content (AvgIpc) is 2.91. The summed E-state index contributed by atoms with van der Waals surface area (Å²) in [6, 6.07) is 15.4. The van der Waals surface area contributed by atoms with Crippen LogP contribution in [0.15, 0.2) is 59.5 Å². The van der Waals surface area contributed by atoms with Gasteiger partial charge in [-0.15, -0.1) is 0 Å².